The van der Waals surface area contributed by atoms with E-state index in [2.05, 4.69) is 10.6 Å². The van der Waals surface area contributed by atoms with E-state index in [1.807, 2.05) is 0 Å². The summed E-state index contributed by atoms with van der Waals surface area (Å²) in [4.78, 5) is 23.8. The minimum Gasteiger partial charge on any atom is -0.462 e. The molecule has 0 aromatic heterocycles. The summed E-state index contributed by atoms with van der Waals surface area (Å²) in [6.45, 7) is 1.89. The van der Waals surface area contributed by atoms with Crippen molar-refractivity contribution in [2.24, 2.45) is 0 Å². The van der Waals surface area contributed by atoms with Crippen molar-refractivity contribution in [1.82, 2.24) is 0 Å². The van der Waals surface area contributed by atoms with Crippen molar-refractivity contribution in [3.8, 4) is 6.07 Å². The van der Waals surface area contributed by atoms with Crippen molar-refractivity contribution in [3.05, 3.63) is 70.4 Å². The molecule has 0 heterocycles. The molecule has 2 aromatic rings. The van der Waals surface area contributed by atoms with Gasteiger partial charge in [0.05, 0.1) is 22.8 Å². The number of nitrogens with zero attached hydrogens (tertiary/aromatic N) is 1. The lowest BCUT2D eigenvalue weighted by atomic mass is 10.2. The van der Waals surface area contributed by atoms with E-state index < -0.39 is 28.6 Å². The van der Waals surface area contributed by atoms with E-state index in [1.165, 1.54) is 30.3 Å². The molecule has 156 valence electrons. The van der Waals surface area contributed by atoms with E-state index in [4.69, 9.17) is 16.3 Å². The van der Waals surface area contributed by atoms with Crippen molar-refractivity contribution in [1.29, 1.82) is 5.26 Å². The summed E-state index contributed by atoms with van der Waals surface area (Å²) in [7, 11) is 0. The maximum atomic E-state index is 12.9. The van der Waals surface area contributed by atoms with Gasteiger partial charge in [-0.25, -0.2) is 4.79 Å². The Labute approximate surface area is 174 Å². The maximum absolute atomic E-state index is 12.9. The van der Waals surface area contributed by atoms with E-state index in [1.54, 1.807) is 13.0 Å². The number of esters is 1. The van der Waals surface area contributed by atoms with Gasteiger partial charge in [0.15, 0.2) is 0 Å². The zero-order chi connectivity index (χ0) is 22.3. The monoisotopic (exact) mass is 437 g/mol. The van der Waals surface area contributed by atoms with Gasteiger partial charge in [-0.2, -0.15) is 18.4 Å². The molecule has 6 nitrogen and oxygen atoms in total. The Morgan fingerprint density at radius 2 is 1.80 bits per heavy atom. The fourth-order valence-electron chi connectivity index (χ4n) is 2.24. The molecule has 0 spiro atoms. The van der Waals surface area contributed by atoms with E-state index >= 15 is 0 Å². The molecule has 0 saturated heterocycles. The Morgan fingerprint density at radius 3 is 2.37 bits per heavy atom. The summed E-state index contributed by atoms with van der Waals surface area (Å²) in [6.07, 6.45) is -3.67. The number of carbonyl (C=O) groups excluding carboxylic acids is 2. The van der Waals surface area contributed by atoms with Crippen LogP contribution >= 0.6 is 11.6 Å². The number of amides is 1. The molecule has 0 saturated carbocycles. The highest BCUT2D eigenvalue weighted by Gasteiger charge is 2.33. The van der Waals surface area contributed by atoms with Crippen molar-refractivity contribution in [2.75, 3.05) is 17.2 Å². The molecule has 0 unspecified atom stereocenters. The molecule has 0 aliphatic rings. The predicted octanol–water partition coefficient (Wildman–Crippen LogP) is 4.99. The second-order valence-corrected chi connectivity index (χ2v) is 6.17. The van der Waals surface area contributed by atoms with Crippen molar-refractivity contribution in [3.63, 3.8) is 0 Å². The highest BCUT2D eigenvalue weighted by Crippen LogP contribution is 2.36. The fraction of sp³-hybridized carbons (Fsp3) is 0.150. The quantitative estimate of drug-likeness (QED) is 0.377. The molecule has 2 aromatic carbocycles. The average molecular weight is 438 g/mol. The number of anilines is 2. The summed E-state index contributed by atoms with van der Waals surface area (Å²) < 4.78 is 43.6. The van der Waals surface area contributed by atoms with Crippen LogP contribution < -0.4 is 10.6 Å². The number of hydrogen-bond donors (Lipinski definition) is 2. The second-order valence-electron chi connectivity index (χ2n) is 5.76. The molecule has 10 heteroatoms. The first-order chi connectivity index (χ1) is 14.2. The van der Waals surface area contributed by atoms with Gasteiger partial charge in [0, 0.05) is 17.6 Å². The summed E-state index contributed by atoms with van der Waals surface area (Å²) in [6, 6.07) is 10.5. The van der Waals surface area contributed by atoms with E-state index in [0.29, 0.717) is 5.69 Å². The van der Waals surface area contributed by atoms with Crippen molar-refractivity contribution < 1.29 is 27.5 Å². The number of hydrogen-bond acceptors (Lipinski definition) is 5. The normalized spacial score (nSPS) is 11.4. The van der Waals surface area contributed by atoms with Crippen molar-refractivity contribution in [2.45, 2.75) is 13.1 Å². The molecule has 0 aliphatic heterocycles. The smallest absolute Gasteiger partial charge is 0.417 e. The molecule has 30 heavy (non-hydrogen) atoms. The molecule has 0 aliphatic carbocycles. The van der Waals surface area contributed by atoms with Crippen LogP contribution in [0.15, 0.2) is 54.2 Å². The maximum Gasteiger partial charge on any atom is 0.417 e. The lowest BCUT2D eigenvalue weighted by Gasteiger charge is -2.11. The minimum atomic E-state index is -4.65. The summed E-state index contributed by atoms with van der Waals surface area (Å²) in [5.41, 5.74) is -0.845. The van der Waals surface area contributed by atoms with Crippen LogP contribution in [0.25, 0.3) is 0 Å². The van der Waals surface area contributed by atoms with E-state index in [-0.39, 0.29) is 23.4 Å². The third-order valence-corrected chi connectivity index (χ3v) is 4.00. The SMILES string of the molecule is CCOC(=O)c1ccc(NC(=O)/C(C#N)=C\Nc2ccc(Cl)c(C(F)(F)F)c2)cc1. The summed E-state index contributed by atoms with van der Waals surface area (Å²) in [5, 5.41) is 13.6. The van der Waals surface area contributed by atoms with Gasteiger partial charge in [-0.15, -0.1) is 0 Å². The summed E-state index contributed by atoms with van der Waals surface area (Å²) >= 11 is 5.55. The van der Waals surface area contributed by atoms with Gasteiger partial charge in [-0.3, -0.25) is 4.79 Å². The third kappa shape index (κ3) is 5.99. The molecule has 0 radical (unpaired) electrons. The highest BCUT2D eigenvalue weighted by molar-refractivity contribution is 6.31. The molecule has 1 amide bonds. The van der Waals surface area contributed by atoms with Crippen LogP contribution in [0.5, 0.6) is 0 Å². The fourth-order valence-corrected chi connectivity index (χ4v) is 2.46. The zero-order valence-corrected chi connectivity index (χ0v) is 16.3. The van der Waals surface area contributed by atoms with Crippen LogP contribution in [0, 0.1) is 11.3 Å². The number of nitriles is 1. The third-order valence-electron chi connectivity index (χ3n) is 3.67. The van der Waals surface area contributed by atoms with Gasteiger partial charge in [0.2, 0.25) is 0 Å². The number of carbonyl (C=O) groups is 2. The lowest BCUT2D eigenvalue weighted by Crippen LogP contribution is -2.15. The predicted molar refractivity (Wildman–Crippen MR) is 105 cm³/mol. The average Bonchev–Trinajstić information content (AvgIpc) is 2.69. The Morgan fingerprint density at radius 1 is 1.17 bits per heavy atom. The lowest BCUT2D eigenvalue weighted by molar-refractivity contribution is -0.137. The minimum absolute atomic E-state index is 0.00827. The number of halogens is 4. The number of rotatable bonds is 6. The summed E-state index contributed by atoms with van der Waals surface area (Å²) in [5.74, 6) is -1.31. The van der Waals surface area contributed by atoms with Crippen LogP contribution in [-0.2, 0) is 15.7 Å². The molecular formula is C20H15ClF3N3O3. The van der Waals surface area contributed by atoms with Gasteiger partial charge in [0.1, 0.15) is 11.6 Å². The Bertz CT molecular complexity index is 1010. The zero-order valence-electron chi connectivity index (χ0n) is 15.5. The molecule has 2 N–H and O–H groups in total. The van der Waals surface area contributed by atoms with E-state index in [9.17, 15) is 28.0 Å². The van der Waals surface area contributed by atoms with Gasteiger partial charge < -0.3 is 15.4 Å². The molecule has 0 fully saturated rings. The molecule has 0 bridgehead atoms. The number of ether oxygens (including phenoxy) is 1. The Balaban J connectivity index is 2.11. The molecular weight excluding hydrogens is 423 g/mol. The van der Waals surface area contributed by atoms with Crippen LogP contribution in [0.3, 0.4) is 0 Å². The first-order valence-electron chi connectivity index (χ1n) is 8.47. The first-order valence-corrected chi connectivity index (χ1v) is 8.85. The Hall–Kier alpha value is -3.51. The van der Waals surface area contributed by atoms with Crippen LogP contribution in [0.2, 0.25) is 5.02 Å². The second kappa shape index (κ2) is 9.80. The largest absolute Gasteiger partial charge is 0.462 e. The van der Waals surface area contributed by atoms with Crippen LogP contribution in [0.4, 0.5) is 24.5 Å². The number of benzene rings is 2. The standard InChI is InChI=1S/C20H15ClF3N3O3/c1-2-30-19(29)12-3-5-14(6-4-12)27-18(28)13(10-25)11-26-15-7-8-17(21)16(9-15)20(22,23)24/h3-9,11,26H,2H2,1H3,(H,27,28)/b13-11-. The number of nitrogens with one attached hydrogen (secondary N) is 2. The van der Waals surface area contributed by atoms with Gasteiger partial charge >= 0.3 is 12.1 Å². The Kier molecular flexibility index (Phi) is 7.44. The van der Waals surface area contributed by atoms with Gasteiger partial charge in [0.25, 0.3) is 5.91 Å². The van der Waals surface area contributed by atoms with Gasteiger partial charge in [-0.05, 0) is 49.4 Å². The van der Waals surface area contributed by atoms with Crippen molar-refractivity contribution >= 4 is 34.9 Å². The van der Waals surface area contributed by atoms with Crippen LogP contribution in [-0.4, -0.2) is 18.5 Å². The van der Waals surface area contributed by atoms with Crippen LogP contribution in [0.1, 0.15) is 22.8 Å². The topological polar surface area (TPSA) is 91.2 Å². The van der Waals surface area contributed by atoms with Gasteiger partial charge in [-0.1, -0.05) is 11.6 Å². The first kappa shape index (κ1) is 22.8. The molecule has 0 atom stereocenters. The number of alkyl halides is 3. The van der Waals surface area contributed by atoms with E-state index in [0.717, 1.165) is 18.3 Å². The highest BCUT2D eigenvalue weighted by atomic mass is 35.5. The molecule has 2 rings (SSSR count).